The molecule has 0 N–H and O–H groups in total. The molecule has 29 heavy (non-hydrogen) atoms. The summed E-state index contributed by atoms with van der Waals surface area (Å²) in [5.74, 6) is 1.87. The second-order valence-electron chi connectivity index (χ2n) is 9.66. The molecule has 0 bridgehead atoms. The Morgan fingerprint density at radius 2 is 1.10 bits per heavy atom. The Hall–Kier alpha value is -1.30. The van der Waals surface area contributed by atoms with Crippen LogP contribution in [0.2, 0.25) is 0 Å². The standard InChI is InChI=1S/C29H44/c1-3-5-7-8-9-11-25-14-18-27(19-15-25)29-22-20-28(21-23-29)26-16-12-24(13-17-26)10-6-4-2/h16,18,20-25H,3-15,17,19H2,1-2H3. The zero-order chi connectivity index (χ0) is 20.3. The van der Waals surface area contributed by atoms with E-state index in [2.05, 4.69) is 50.3 Å². The van der Waals surface area contributed by atoms with Crippen LogP contribution in [-0.4, -0.2) is 0 Å². The number of hydrogen-bond donors (Lipinski definition) is 0. The van der Waals surface area contributed by atoms with Gasteiger partial charge in [-0.1, -0.05) is 108 Å². The Morgan fingerprint density at radius 1 is 0.621 bits per heavy atom. The van der Waals surface area contributed by atoms with E-state index >= 15 is 0 Å². The Kier molecular flexibility index (Phi) is 9.58. The third kappa shape index (κ3) is 7.16. The van der Waals surface area contributed by atoms with Gasteiger partial charge in [0.05, 0.1) is 0 Å². The summed E-state index contributed by atoms with van der Waals surface area (Å²) in [6, 6.07) is 9.54. The van der Waals surface area contributed by atoms with Gasteiger partial charge >= 0.3 is 0 Å². The molecule has 160 valence electrons. The van der Waals surface area contributed by atoms with E-state index in [0.29, 0.717) is 0 Å². The summed E-state index contributed by atoms with van der Waals surface area (Å²) < 4.78 is 0. The van der Waals surface area contributed by atoms with Crippen molar-refractivity contribution in [3.8, 4) is 0 Å². The van der Waals surface area contributed by atoms with Crippen molar-refractivity contribution in [3.05, 3.63) is 47.5 Å². The van der Waals surface area contributed by atoms with Crippen LogP contribution in [0, 0.1) is 11.8 Å². The van der Waals surface area contributed by atoms with Crippen molar-refractivity contribution >= 4 is 11.1 Å². The molecule has 0 heterocycles. The zero-order valence-electron chi connectivity index (χ0n) is 19.2. The molecule has 2 aliphatic carbocycles. The van der Waals surface area contributed by atoms with Gasteiger partial charge in [0.25, 0.3) is 0 Å². The Labute approximate surface area is 180 Å². The van der Waals surface area contributed by atoms with Gasteiger partial charge in [0, 0.05) is 0 Å². The van der Waals surface area contributed by atoms with Gasteiger partial charge in [-0.05, 0) is 72.6 Å². The van der Waals surface area contributed by atoms with Crippen LogP contribution in [0.4, 0.5) is 0 Å². The molecular weight excluding hydrogens is 348 g/mol. The van der Waals surface area contributed by atoms with Gasteiger partial charge in [0.2, 0.25) is 0 Å². The fourth-order valence-corrected chi connectivity index (χ4v) is 5.25. The van der Waals surface area contributed by atoms with E-state index in [1.807, 2.05) is 0 Å². The quantitative estimate of drug-likeness (QED) is 0.329. The highest BCUT2D eigenvalue weighted by atomic mass is 14.2. The number of hydrogen-bond acceptors (Lipinski definition) is 0. The highest BCUT2D eigenvalue weighted by Gasteiger charge is 2.17. The molecule has 2 aliphatic rings. The van der Waals surface area contributed by atoms with Crippen LogP contribution < -0.4 is 0 Å². The van der Waals surface area contributed by atoms with Crippen molar-refractivity contribution in [3.63, 3.8) is 0 Å². The molecule has 2 atom stereocenters. The van der Waals surface area contributed by atoms with E-state index < -0.39 is 0 Å². The van der Waals surface area contributed by atoms with Crippen LogP contribution in [0.5, 0.6) is 0 Å². The van der Waals surface area contributed by atoms with Gasteiger partial charge in [-0.2, -0.15) is 0 Å². The molecule has 1 aromatic rings. The monoisotopic (exact) mass is 392 g/mol. The van der Waals surface area contributed by atoms with Crippen LogP contribution in [0.25, 0.3) is 11.1 Å². The van der Waals surface area contributed by atoms with Crippen molar-refractivity contribution in [1.29, 1.82) is 0 Å². The fourth-order valence-electron chi connectivity index (χ4n) is 5.25. The maximum absolute atomic E-state index is 2.55. The third-order valence-electron chi connectivity index (χ3n) is 7.35. The molecule has 0 radical (unpaired) electrons. The van der Waals surface area contributed by atoms with Gasteiger partial charge in [0.15, 0.2) is 0 Å². The van der Waals surface area contributed by atoms with Crippen LogP contribution >= 0.6 is 0 Å². The molecule has 0 saturated heterocycles. The van der Waals surface area contributed by atoms with E-state index in [9.17, 15) is 0 Å². The van der Waals surface area contributed by atoms with E-state index in [0.717, 1.165) is 11.8 Å². The van der Waals surface area contributed by atoms with E-state index in [-0.39, 0.29) is 0 Å². The Balaban J connectivity index is 1.46. The highest BCUT2D eigenvalue weighted by molar-refractivity contribution is 5.71. The highest BCUT2D eigenvalue weighted by Crippen LogP contribution is 2.35. The molecule has 3 rings (SSSR count). The second-order valence-corrected chi connectivity index (χ2v) is 9.66. The van der Waals surface area contributed by atoms with E-state index in [4.69, 9.17) is 0 Å². The summed E-state index contributed by atoms with van der Waals surface area (Å²) in [4.78, 5) is 0. The van der Waals surface area contributed by atoms with Crippen LogP contribution in [0.1, 0.15) is 121 Å². The first-order valence-corrected chi connectivity index (χ1v) is 12.8. The Bertz CT molecular complexity index is 645. The van der Waals surface area contributed by atoms with Crippen LogP contribution in [0.3, 0.4) is 0 Å². The van der Waals surface area contributed by atoms with E-state index in [1.54, 1.807) is 11.1 Å². The molecule has 0 saturated carbocycles. The van der Waals surface area contributed by atoms with E-state index in [1.165, 1.54) is 107 Å². The summed E-state index contributed by atoms with van der Waals surface area (Å²) in [5.41, 5.74) is 6.11. The predicted octanol–water partition coefficient (Wildman–Crippen LogP) is 9.60. The molecule has 0 aromatic heterocycles. The van der Waals surface area contributed by atoms with Crippen molar-refractivity contribution < 1.29 is 0 Å². The molecule has 0 heteroatoms. The summed E-state index contributed by atoms with van der Waals surface area (Å²) >= 11 is 0. The smallest absolute Gasteiger partial charge is 0.0227 e. The average molecular weight is 393 g/mol. The lowest BCUT2D eigenvalue weighted by atomic mass is 9.82. The van der Waals surface area contributed by atoms with Crippen molar-refractivity contribution in [2.24, 2.45) is 11.8 Å². The lowest BCUT2D eigenvalue weighted by Gasteiger charge is -2.23. The maximum atomic E-state index is 2.55. The van der Waals surface area contributed by atoms with Crippen LogP contribution in [-0.2, 0) is 0 Å². The third-order valence-corrected chi connectivity index (χ3v) is 7.35. The predicted molar refractivity (Wildman–Crippen MR) is 130 cm³/mol. The molecule has 1 aromatic carbocycles. The minimum atomic E-state index is 0.935. The molecule has 0 nitrogen and oxygen atoms in total. The lowest BCUT2D eigenvalue weighted by molar-refractivity contribution is 0.423. The van der Waals surface area contributed by atoms with Gasteiger partial charge < -0.3 is 0 Å². The van der Waals surface area contributed by atoms with Gasteiger partial charge in [-0.25, -0.2) is 0 Å². The number of rotatable bonds is 11. The summed E-state index contributed by atoms with van der Waals surface area (Å²) in [6.45, 7) is 4.61. The van der Waals surface area contributed by atoms with Crippen LogP contribution in [0.15, 0.2) is 36.4 Å². The molecular formula is C29H44. The Morgan fingerprint density at radius 3 is 1.55 bits per heavy atom. The summed E-state index contributed by atoms with van der Waals surface area (Å²) in [7, 11) is 0. The zero-order valence-corrected chi connectivity index (χ0v) is 19.2. The van der Waals surface area contributed by atoms with Gasteiger partial charge in [0.1, 0.15) is 0 Å². The van der Waals surface area contributed by atoms with Crippen molar-refractivity contribution in [1.82, 2.24) is 0 Å². The molecule has 0 fully saturated rings. The first kappa shape index (κ1) is 22.4. The molecule has 0 aliphatic heterocycles. The minimum Gasteiger partial charge on any atom is -0.0804 e. The second kappa shape index (κ2) is 12.4. The average Bonchev–Trinajstić information content (AvgIpc) is 2.78. The maximum Gasteiger partial charge on any atom is -0.0227 e. The minimum absolute atomic E-state index is 0.935. The van der Waals surface area contributed by atoms with Crippen molar-refractivity contribution in [2.45, 2.75) is 110 Å². The molecule has 0 amide bonds. The normalized spacial score (nSPS) is 22.3. The molecule has 0 spiro atoms. The lowest BCUT2D eigenvalue weighted by Crippen LogP contribution is -2.06. The topological polar surface area (TPSA) is 0 Å². The first-order valence-electron chi connectivity index (χ1n) is 12.8. The van der Waals surface area contributed by atoms with Gasteiger partial charge in [-0.15, -0.1) is 0 Å². The number of benzene rings is 1. The van der Waals surface area contributed by atoms with Gasteiger partial charge in [-0.3, -0.25) is 0 Å². The number of allylic oxidation sites excluding steroid dienone is 4. The molecule has 2 unspecified atom stereocenters. The summed E-state index contributed by atoms with van der Waals surface area (Å²) in [5, 5.41) is 0. The fraction of sp³-hybridized carbons (Fsp3) is 0.655. The SMILES string of the molecule is CCCCCCCC1CC=C(c2ccc(C3=CCC(CCCC)CC3)cc2)CC1. The first-order chi connectivity index (χ1) is 14.3. The summed E-state index contributed by atoms with van der Waals surface area (Å²) in [6.07, 6.45) is 25.7. The number of unbranched alkanes of at least 4 members (excludes halogenated alkanes) is 5. The largest absolute Gasteiger partial charge is 0.0804 e. The van der Waals surface area contributed by atoms with Crippen molar-refractivity contribution in [2.75, 3.05) is 0 Å².